The van der Waals surface area contributed by atoms with Crippen LogP contribution in [0.5, 0.6) is 5.75 Å². The summed E-state index contributed by atoms with van der Waals surface area (Å²) in [6.07, 6.45) is 2.49. The van der Waals surface area contributed by atoms with E-state index in [1.54, 1.807) is 6.07 Å². The molecule has 1 N–H and O–H groups in total. The van der Waals surface area contributed by atoms with E-state index in [2.05, 4.69) is 11.8 Å². The number of nitrogens with zero attached hydrogens (tertiary/aromatic N) is 1. The number of anilines is 1. The topological polar surface area (TPSA) is 49.8 Å². The van der Waals surface area contributed by atoms with E-state index in [-0.39, 0.29) is 5.56 Å². The molecule has 0 atom stereocenters. The third kappa shape index (κ3) is 2.42. The molecular weight excluding hydrogens is 230 g/mol. The first-order valence-corrected chi connectivity index (χ1v) is 6.32. The summed E-state index contributed by atoms with van der Waals surface area (Å²) in [5.41, 5.74) is 1.26. The molecule has 1 fully saturated rings. The van der Waals surface area contributed by atoms with Crippen LogP contribution >= 0.6 is 0 Å². The van der Waals surface area contributed by atoms with Crippen LogP contribution in [0.2, 0.25) is 0 Å². The van der Waals surface area contributed by atoms with E-state index < -0.39 is 5.97 Å². The molecule has 1 aliphatic rings. The first-order chi connectivity index (χ1) is 8.65. The SMILES string of the molecule is CCCC1CN(c2ccc(C(=O)O)c(OC)c2)C1. The molecule has 2 rings (SSSR count). The largest absolute Gasteiger partial charge is 0.496 e. The first-order valence-electron chi connectivity index (χ1n) is 6.32. The lowest BCUT2D eigenvalue weighted by Gasteiger charge is -2.41. The molecule has 0 radical (unpaired) electrons. The van der Waals surface area contributed by atoms with Crippen molar-refractivity contribution in [2.75, 3.05) is 25.1 Å². The van der Waals surface area contributed by atoms with E-state index in [0.717, 1.165) is 24.7 Å². The fourth-order valence-electron chi connectivity index (χ4n) is 2.42. The number of hydrogen-bond donors (Lipinski definition) is 1. The maximum Gasteiger partial charge on any atom is 0.339 e. The van der Waals surface area contributed by atoms with E-state index in [0.29, 0.717) is 5.75 Å². The molecule has 1 aromatic carbocycles. The Hall–Kier alpha value is -1.71. The highest BCUT2D eigenvalue weighted by Crippen LogP contribution is 2.31. The Morgan fingerprint density at radius 3 is 2.78 bits per heavy atom. The van der Waals surface area contributed by atoms with E-state index in [4.69, 9.17) is 9.84 Å². The fraction of sp³-hybridized carbons (Fsp3) is 0.500. The minimum atomic E-state index is -0.953. The number of ether oxygens (including phenoxy) is 1. The summed E-state index contributed by atoms with van der Waals surface area (Å²) < 4.78 is 5.13. The van der Waals surface area contributed by atoms with Crippen molar-refractivity contribution in [2.24, 2.45) is 5.92 Å². The number of methoxy groups -OCH3 is 1. The average molecular weight is 249 g/mol. The maximum absolute atomic E-state index is 11.0. The highest BCUT2D eigenvalue weighted by Gasteiger charge is 2.26. The van der Waals surface area contributed by atoms with E-state index in [1.807, 2.05) is 12.1 Å². The van der Waals surface area contributed by atoms with E-state index >= 15 is 0 Å². The summed E-state index contributed by atoms with van der Waals surface area (Å²) in [6, 6.07) is 5.28. The Kier molecular flexibility index (Phi) is 3.75. The van der Waals surface area contributed by atoms with Crippen molar-refractivity contribution in [1.82, 2.24) is 0 Å². The summed E-state index contributed by atoms with van der Waals surface area (Å²) in [5, 5.41) is 9.02. The summed E-state index contributed by atoms with van der Waals surface area (Å²) >= 11 is 0. The number of carboxylic acids is 1. The molecule has 1 saturated heterocycles. The van der Waals surface area contributed by atoms with Crippen LogP contribution in [0.15, 0.2) is 18.2 Å². The third-order valence-corrected chi connectivity index (χ3v) is 3.43. The van der Waals surface area contributed by atoms with Gasteiger partial charge in [-0.05, 0) is 24.5 Å². The van der Waals surface area contributed by atoms with Gasteiger partial charge in [-0.25, -0.2) is 4.79 Å². The predicted molar refractivity (Wildman–Crippen MR) is 70.6 cm³/mol. The highest BCUT2D eigenvalue weighted by molar-refractivity contribution is 5.91. The minimum Gasteiger partial charge on any atom is -0.496 e. The van der Waals surface area contributed by atoms with Crippen LogP contribution in [-0.4, -0.2) is 31.3 Å². The van der Waals surface area contributed by atoms with Crippen LogP contribution in [0.4, 0.5) is 5.69 Å². The average Bonchev–Trinajstić information content (AvgIpc) is 2.32. The molecular formula is C14H19NO3. The quantitative estimate of drug-likeness (QED) is 0.871. The summed E-state index contributed by atoms with van der Waals surface area (Å²) in [5.74, 6) is 0.255. The van der Waals surface area contributed by atoms with Gasteiger partial charge in [0.1, 0.15) is 11.3 Å². The molecule has 1 aliphatic heterocycles. The Balaban J connectivity index is 2.09. The second kappa shape index (κ2) is 5.29. The van der Waals surface area contributed by atoms with Crippen molar-refractivity contribution < 1.29 is 14.6 Å². The van der Waals surface area contributed by atoms with Gasteiger partial charge in [0.2, 0.25) is 0 Å². The van der Waals surface area contributed by atoms with Gasteiger partial charge >= 0.3 is 5.97 Å². The Morgan fingerprint density at radius 2 is 2.22 bits per heavy atom. The zero-order valence-corrected chi connectivity index (χ0v) is 10.8. The third-order valence-electron chi connectivity index (χ3n) is 3.43. The molecule has 0 spiro atoms. The van der Waals surface area contributed by atoms with Crippen molar-refractivity contribution in [3.8, 4) is 5.75 Å². The lowest BCUT2D eigenvalue weighted by molar-refractivity contribution is 0.0693. The molecule has 1 heterocycles. The molecule has 4 heteroatoms. The van der Waals surface area contributed by atoms with Gasteiger partial charge in [0.25, 0.3) is 0 Å². The Bertz CT molecular complexity index is 439. The molecule has 0 aliphatic carbocycles. The normalized spacial score (nSPS) is 15.3. The van der Waals surface area contributed by atoms with Gasteiger partial charge in [-0.3, -0.25) is 0 Å². The predicted octanol–water partition coefficient (Wildman–Crippen LogP) is 2.63. The zero-order chi connectivity index (χ0) is 13.1. The minimum absolute atomic E-state index is 0.215. The van der Waals surface area contributed by atoms with Crippen LogP contribution in [0.1, 0.15) is 30.1 Å². The van der Waals surface area contributed by atoms with Gasteiger partial charge in [-0.15, -0.1) is 0 Å². The summed E-state index contributed by atoms with van der Waals surface area (Å²) in [6.45, 7) is 4.32. The van der Waals surface area contributed by atoms with Gasteiger partial charge in [-0.1, -0.05) is 13.3 Å². The van der Waals surface area contributed by atoms with Gasteiger partial charge in [-0.2, -0.15) is 0 Å². The van der Waals surface area contributed by atoms with Gasteiger partial charge in [0.15, 0.2) is 0 Å². The summed E-state index contributed by atoms with van der Waals surface area (Å²) in [4.78, 5) is 13.2. The van der Waals surface area contributed by atoms with E-state index in [1.165, 1.54) is 20.0 Å². The molecule has 0 unspecified atom stereocenters. The lowest BCUT2D eigenvalue weighted by Crippen LogP contribution is -2.46. The van der Waals surface area contributed by atoms with Gasteiger partial charge in [0.05, 0.1) is 7.11 Å². The second-order valence-corrected chi connectivity index (χ2v) is 4.75. The molecule has 98 valence electrons. The lowest BCUT2D eigenvalue weighted by atomic mass is 9.94. The van der Waals surface area contributed by atoms with Gasteiger partial charge in [0, 0.05) is 24.8 Å². The van der Waals surface area contributed by atoms with E-state index in [9.17, 15) is 4.79 Å². The van der Waals surface area contributed by atoms with Crippen LogP contribution in [-0.2, 0) is 0 Å². The fourth-order valence-corrected chi connectivity index (χ4v) is 2.42. The van der Waals surface area contributed by atoms with Crippen molar-refractivity contribution >= 4 is 11.7 Å². The first kappa shape index (κ1) is 12.7. The monoisotopic (exact) mass is 249 g/mol. The second-order valence-electron chi connectivity index (χ2n) is 4.75. The number of aromatic carboxylic acids is 1. The standard InChI is InChI=1S/C14H19NO3/c1-3-4-10-8-15(9-10)11-5-6-12(14(16)17)13(7-11)18-2/h5-7,10H,3-4,8-9H2,1-2H3,(H,16,17). The van der Waals surface area contributed by atoms with Crippen LogP contribution in [0.3, 0.4) is 0 Å². The molecule has 0 saturated carbocycles. The molecule has 1 aromatic rings. The van der Waals surface area contributed by atoms with Crippen LogP contribution in [0.25, 0.3) is 0 Å². The maximum atomic E-state index is 11.0. The Labute approximate surface area is 107 Å². The number of carboxylic acid groups (broad SMARTS) is 1. The molecule has 0 aromatic heterocycles. The zero-order valence-electron chi connectivity index (χ0n) is 10.8. The number of hydrogen-bond acceptors (Lipinski definition) is 3. The molecule has 18 heavy (non-hydrogen) atoms. The van der Waals surface area contributed by atoms with Crippen molar-refractivity contribution in [3.05, 3.63) is 23.8 Å². The molecule has 0 amide bonds. The number of benzene rings is 1. The Morgan fingerprint density at radius 1 is 1.50 bits per heavy atom. The molecule has 4 nitrogen and oxygen atoms in total. The van der Waals surface area contributed by atoms with Crippen LogP contribution < -0.4 is 9.64 Å². The summed E-state index contributed by atoms with van der Waals surface area (Å²) in [7, 11) is 1.50. The van der Waals surface area contributed by atoms with Crippen molar-refractivity contribution in [2.45, 2.75) is 19.8 Å². The molecule has 0 bridgehead atoms. The highest BCUT2D eigenvalue weighted by atomic mass is 16.5. The van der Waals surface area contributed by atoms with Crippen molar-refractivity contribution in [3.63, 3.8) is 0 Å². The number of rotatable bonds is 5. The van der Waals surface area contributed by atoms with Crippen molar-refractivity contribution in [1.29, 1.82) is 0 Å². The smallest absolute Gasteiger partial charge is 0.339 e. The van der Waals surface area contributed by atoms with Crippen LogP contribution in [0, 0.1) is 5.92 Å². The van der Waals surface area contributed by atoms with Gasteiger partial charge < -0.3 is 14.7 Å². The number of carbonyl (C=O) groups is 1.